The standard InChI is InChI=1S/C12H9Cl3N2O2/c13-8-2-1-7(9(14)5-8)3-4-17-11(18)6-10(15)16-12(17)19/h1-2,5-6H,3-4H2,(H,16,19). The maximum atomic E-state index is 11.6. The second kappa shape index (κ2) is 5.82. The summed E-state index contributed by atoms with van der Waals surface area (Å²) in [6.45, 7) is 0.215. The number of hydrogen-bond donors (Lipinski definition) is 1. The maximum Gasteiger partial charge on any atom is 0.329 e. The van der Waals surface area contributed by atoms with Crippen molar-refractivity contribution < 1.29 is 0 Å². The Morgan fingerprint density at radius 3 is 2.47 bits per heavy atom. The van der Waals surface area contributed by atoms with E-state index in [2.05, 4.69) is 4.98 Å². The van der Waals surface area contributed by atoms with Crippen LogP contribution < -0.4 is 11.2 Å². The molecule has 0 saturated carbocycles. The number of nitrogens with zero attached hydrogens (tertiary/aromatic N) is 1. The predicted octanol–water partition coefficient (Wildman–Crippen LogP) is 2.74. The first-order valence-corrected chi connectivity index (χ1v) is 6.54. The predicted molar refractivity (Wildman–Crippen MR) is 76.5 cm³/mol. The van der Waals surface area contributed by atoms with Gasteiger partial charge in [-0.05, 0) is 24.1 Å². The molecule has 0 fully saturated rings. The van der Waals surface area contributed by atoms with Crippen LogP contribution in [0.25, 0.3) is 0 Å². The molecular weight excluding hydrogens is 311 g/mol. The zero-order valence-electron chi connectivity index (χ0n) is 9.62. The van der Waals surface area contributed by atoms with Crippen molar-refractivity contribution in [2.75, 3.05) is 0 Å². The number of benzene rings is 1. The fourth-order valence-electron chi connectivity index (χ4n) is 1.66. The van der Waals surface area contributed by atoms with Crippen LogP contribution in [0.4, 0.5) is 0 Å². The summed E-state index contributed by atoms with van der Waals surface area (Å²) in [7, 11) is 0. The Balaban J connectivity index is 2.24. The number of aromatic amines is 1. The number of aromatic nitrogens is 2. The monoisotopic (exact) mass is 318 g/mol. The summed E-state index contributed by atoms with van der Waals surface area (Å²) >= 11 is 17.4. The van der Waals surface area contributed by atoms with Gasteiger partial charge in [0.25, 0.3) is 5.56 Å². The highest BCUT2D eigenvalue weighted by Gasteiger charge is 2.06. The van der Waals surface area contributed by atoms with Gasteiger partial charge in [0.15, 0.2) is 0 Å². The first kappa shape index (κ1) is 14.2. The Morgan fingerprint density at radius 1 is 1.11 bits per heavy atom. The summed E-state index contributed by atoms with van der Waals surface area (Å²) in [6, 6.07) is 6.25. The highest BCUT2D eigenvalue weighted by molar-refractivity contribution is 6.35. The summed E-state index contributed by atoms with van der Waals surface area (Å²) in [4.78, 5) is 25.6. The molecule has 0 saturated heterocycles. The fourth-order valence-corrected chi connectivity index (χ4v) is 2.34. The van der Waals surface area contributed by atoms with Gasteiger partial charge in [-0.2, -0.15) is 0 Å². The van der Waals surface area contributed by atoms with Gasteiger partial charge in [-0.15, -0.1) is 0 Å². The van der Waals surface area contributed by atoms with Gasteiger partial charge in [0, 0.05) is 22.7 Å². The third kappa shape index (κ3) is 3.41. The van der Waals surface area contributed by atoms with Crippen LogP contribution in [-0.4, -0.2) is 9.55 Å². The van der Waals surface area contributed by atoms with E-state index in [1.807, 2.05) is 0 Å². The average Bonchev–Trinajstić information content (AvgIpc) is 2.30. The Morgan fingerprint density at radius 2 is 1.84 bits per heavy atom. The third-order valence-electron chi connectivity index (χ3n) is 2.61. The normalized spacial score (nSPS) is 10.7. The maximum absolute atomic E-state index is 11.6. The Kier molecular flexibility index (Phi) is 4.34. The van der Waals surface area contributed by atoms with Crippen molar-refractivity contribution in [3.05, 3.63) is 65.9 Å². The van der Waals surface area contributed by atoms with E-state index in [-0.39, 0.29) is 11.7 Å². The Labute approximate surface area is 123 Å². The summed E-state index contributed by atoms with van der Waals surface area (Å²) in [5, 5.41) is 1.07. The molecular formula is C12H9Cl3N2O2. The SMILES string of the molecule is O=c1cc(Cl)[nH]c(=O)n1CCc1ccc(Cl)cc1Cl. The van der Waals surface area contributed by atoms with Crippen LogP contribution in [-0.2, 0) is 13.0 Å². The summed E-state index contributed by atoms with van der Waals surface area (Å²) in [5.74, 6) is 0. The minimum absolute atomic E-state index is 0.0239. The Hall–Kier alpha value is -1.23. The van der Waals surface area contributed by atoms with E-state index < -0.39 is 11.2 Å². The van der Waals surface area contributed by atoms with Crippen molar-refractivity contribution in [2.24, 2.45) is 0 Å². The molecule has 2 rings (SSSR count). The molecule has 1 aromatic heterocycles. The van der Waals surface area contributed by atoms with E-state index >= 15 is 0 Å². The largest absolute Gasteiger partial charge is 0.329 e. The van der Waals surface area contributed by atoms with Gasteiger partial charge in [0.1, 0.15) is 5.15 Å². The van der Waals surface area contributed by atoms with Crippen molar-refractivity contribution >= 4 is 34.8 Å². The first-order chi connectivity index (χ1) is 8.97. The van der Waals surface area contributed by atoms with Crippen LogP contribution in [0.15, 0.2) is 33.9 Å². The number of H-pyrrole nitrogens is 1. The third-order valence-corrected chi connectivity index (χ3v) is 3.40. The highest BCUT2D eigenvalue weighted by atomic mass is 35.5. The highest BCUT2D eigenvalue weighted by Crippen LogP contribution is 2.21. The summed E-state index contributed by atoms with van der Waals surface area (Å²) in [6.07, 6.45) is 0.445. The van der Waals surface area contributed by atoms with Gasteiger partial charge in [0.2, 0.25) is 0 Å². The molecule has 1 aromatic carbocycles. The molecule has 1 heterocycles. The van der Waals surface area contributed by atoms with Gasteiger partial charge in [0.05, 0.1) is 0 Å². The number of halogens is 3. The molecule has 0 radical (unpaired) electrons. The van der Waals surface area contributed by atoms with Gasteiger partial charge >= 0.3 is 5.69 Å². The van der Waals surface area contributed by atoms with E-state index in [1.165, 1.54) is 0 Å². The number of nitrogens with one attached hydrogen (secondary N) is 1. The van der Waals surface area contributed by atoms with Crippen LogP contribution >= 0.6 is 34.8 Å². The van der Waals surface area contributed by atoms with Crippen molar-refractivity contribution in [3.63, 3.8) is 0 Å². The lowest BCUT2D eigenvalue weighted by molar-refractivity contribution is 0.628. The molecule has 7 heteroatoms. The van der Waals surface area contributed by atoms with Crippen molar-refractivity contribution in [1.29, 1.82) is 0 Å². The van der Waals surface area contributed by atoms with E-state index in [4.69, 9.17) is 34.8 Å². The second-order valence-electron chi connectivity index (χ2n) is 3.90. The zero-order chi connectivity index (χ0) is 14.0. The molecule has 2 aromatic rings. The van der Waals surface area contributed by atoms with Crippen molar-refractivity contribution in [3.8, 4) is 0 Å². The molecule has 0 spiro atoms. The van der Waals surface area contributed by atoms with Crippen molar-refractivity contribution in [2.45, 2.75) is 13.0 Å². The van der Waals surface area contributed by atoms with Gasteiger partial charge < -0.3 is 0 Å². The first-order valence-electron chi connectivity index (χ1n) is 5.41. The van der Waals surface area contributed by atoms with Crippen LogP contribution in [0.1, 0.15) is 5.56 Å². The average molecular weight is 320 g/mol. The minimum Gasteiger partial charge on any atom is -0.298 e. The van der Waals surface area contributed by atoms with Crippen LogP contribution in [0.2, 0.25) is 15.2 Å². The Bertz CT molecular complexity index is 690. The molecule has 0 aliphatic carbocycles. The molecule has 0 atom stereocenters. The molecule has 0 amide bonds. The van der Waals surface area contributed by atoms with Crippen LogP contribution in [0, 0.1) is 0 Å². The van der Waals surface area contributed by atoms with Gasteiger partial charge in [-0.1, -0.05) is 40.9 Å². The topological polar surface area (TPSA) is 54.9 Å². The lowest BCUT2D eigenvalue weighted by Gasteiger charge is -2.06. The van der Waals surface area contributed by atoms with E-state index in [0.717, 1.165) is 16.2 Å². The number of rotatable bonds is 3. The fraction of sp³-hybridized carbons (Fsp3) is 0.167. The molecule has 0 bridgehead atoms. The van der Waals surface area contributed by atoms with E-state index in [1.54, 1.807) is 18.2 Å². The lowest BCUT2D eigenvalue weighted by atomic mass is 10.1. The van der Waals surface area contributed by atoms with Gasteiger partial charge in [-0.3, -0.25) is 14.3 Å². The molecule has 1 N–H and O–H groups in total. The smallest absolute Gasteiger partial charge is 0.298 e. The quantitative estimate of drug-likeness (QED) is 0.884. The second-order valence-corrected chi connectivity index (χ2v) is 5.15. The van der Waals surface area contributed by atoms with Gasteiger partial charge in [-0.25, -0.2) is 4.79 Å². The number of aryl methyl sites for hydroxylation is 1. The summed E-state index contributed by atoms with van der Waals surface area (Å²) in [5.41, 5.74) is -0.172. The minimum atomic E-state index is -0.539. The van der Waals surface area contributed by atoms with Crippen molar-refractivity contribution in [1.82, 2.24) is 9.55 Å². The van der Waals surface area contributed by atoms with Crippen LogP contribution in [0.5, 0.6) is 0 Å². The zero-order valence-corrected chi connectivity index (χ0v) is 11.9. The summed E-state index contributed by atoms with van der Waals surface area (Å²) < 4.78 is 1.07. The van der Waals surface area contributed by atoms with Crippen LogP contribution in [0.3, 0.4) is 0 Å². The molecule has 100 valence electrons. The number of hydrogen-bond acceptors (Lipinski definition) is 2. The molecule has 4 nitrogen and oxygen atoms in total. The lowest BCUT2D eigenvalue weighted by Crippen LogP contribution is -2.35. The molecule has 0 aliphatic rings. The van der Waals surface area contributed by atoms with E-state index in [0.29, 0.717) is 16.5 Å². The molecule has 0 unspecified atom stereocenters. The molecule has 0 aliphatic heterocycles. The van der Waals surface area contributed by atoms with E-state index in [9.17, 15) is 9.59 Å². The molecule has 19 heavy (non-hydrogen) atoms.